The van der Waals surface area contributed by atoms with E-state index >= 15 is 0 Å². The van der Waals surface area contributed by atoms with Gasteiger partial charge in [-0.05, 0) is 24.0 Å². The van der Waals surface area contributed by atoms with Crippen LogP contribution in [-0.2, 0) is 9.84 Å². The quantitative estimate of drug-likeness (QED) is 0.904. The summed E-state index contributed by atoms with van der Waals surface area (Å²) in [5.74, 6) is 0.0512. The number of nitrogen functional groups attached to an aromatic ring is 1. The summed E-state index contributed by atoms with van der Waals surface area (Å²) in [4.78, 5) is 0.0836. The van der Waals surface area contributed by atoms with Gasteiger partial charge < -0.3 is 11.1 Å². The predicted molar refractivity (Wildman–Crippen MR) is 78.1 cm³/mol. The maximum Gasteiger partial charge on any atom is 0.182 e. The minimum absolute atomic E-state index is 0.0263. The smallest absolute Gasteiger partial charge is 0.182 e. The summed E-state index contributed by atoms with van der Waals surface area (Å²) in [7, 11) is -3.39. The van der Waals surface area contributed by atoms with Gasteiger partial charge in [-0.3, -0.25) is 0 Å². The van der Waals surface area contributed by atoms with Gasteiger partial charge in [0.1, 0.15) is 9.90 Å². The van der Waals surface area contributed by atoms with Crippen molar-refractivity contribution in [1.29, 1.82) is 0 Å². The molecule has 0 aliphatic rings. The Kier molecular flexibility index (Phi) is 3.77. The van der Waals surface area contributed by atoms with Crippen molar-refractivity contribution in [3.8, 4) is 0 Å². The molecule has 102 valence electrons. The topological polar surface area (TPSA) is 85.1 Å². The molecule has 1 aromatic carbocycles. The molecule has 19 heavy (non-hydrogen) atoms. The second kappa shape index (κ2) is 5.18. The first-order valence-corrected chi connectivity index (χ1v) is 8.32. The highest BCUT2D eigenvalue weighted by Gasteiger charge is 2.22. The van der Waals surface area contributed by atoms with Crippen LogP contribution in [0.3, 0.4) is 0 Å². The van der Waals surface area contributed by atoms with E-state index in [4.69, 9.17) is 5.73 Å². The standard InChI is InChI=1S/C12H15N3O2S2/c1-8(9-6-4-3-5-7-9)14-12-10(19(2,16)17)11(13)15-18-12/h3-8,14H,1-2H3,(H2,13,15). The van der Waals surface area contributed by atoms with E-state index in [9.17, 15) is 8.42 Å². The second-order valence-corrected chi connectivity index (χ2v) is 7.00. The van der Waals surface area contributed by atoms with E-state index in [1.807, 2.05) is 37.3 Å². The van der Waals surface area contributed by atoms with E-state index in [2.05, 4.69) is 9.69 Å². The first-order valence-electron chi connectivity index (χ1n) is 5.66. The molecule has 7 heteroatoms. The fraction of sp³-hybridized carbons (Fsp3) is 0.250. The lowest BCUT2D eigenvalue weighted by Gasteiger charge is -2.14. The maximum atomic E-state index is 11.7. The fourth-order valence-electron chi connectivity index (χ4n) is 1.77. The van der Waals surface area contributed by atoms with Gasteiger partial charge in [0.05, 0.1) is 0 Å². The molecule has 0 radical (unpaired) electrons. The van der Waals surface area contributed by atoms with Gasteiger partial charge in [0.2, 0.25) is 0 Å². The number of rotatable bonds is 4. The third kappa shape index (κ3) is 3.05. The van der Waals surface area contributed by atoms with E-state index in [0.29, 0.717) is 5.00 Å². The predicted octanol–water partition coefficient (Wildman–Crippen LogP) is 2.30. The number of nitrogens with two attached hydrogens (primary N) is 1. The molecule has 0 aliphatic heterocycles. The summed E-state index contributed by atoms with van der Waals surface area (Å²) >= 11 is 1.06. The first kappa shape index (κ1) is 13.8. The molecule has 2 rings (SSSR count). The van der Waals surface area contributed by atoms with Crippen LogP contribution in [0.15, 0.2) is 35.2 Å². The largest absolute Gasteiger partial charge is 0.382 e. The van der Waals surface area contributed by atoms with Crippen molar-refractivity contribution in [2.45, 2.75) is 17.9 Å². The van der Waals surface area contributed by atoms with Gasteiger partial charge >= 0.3 is 0 Å². The molecule has 0 saturated heterocycles. The molecule has 0 amide bonds. The Morgan fingerprint density at radius 1 is 1.32 bits per heavy atom. The first-order chi connectivity index (χ1) is 8.89. The maximum absolute atomic E-state index is 11.7. The van der Waals surface area contributed by atoms with Crippen LogP contribution < -0.4 is 11.1 Å². The molecule has 5 nitrogen and oxygen atoms in total. The Hall–Kier alpha value is -1.60. The number of aromatic nitrogens is 1. The van der Waals surface area contributed by atoms with Crippen LogP contribution in [0.25, 0.3) is 0 Å². The number of nitrogens with zero attached hydrogens (tertiary/aromatic N) is 1. The van der Waals surface area contributed by atoms with E-state index in [0.717, 1.165) is 23.4 Å². The highest BCUT2D eigenvalue weighted by Crippen LogP contribution is 2.33. The average molecular weight is 297 g/mol. The Morgan fingerprint density at radius 2 is 1.95 bits per heavy atom. The average Bonchev–Trinajstić information content (AvgIpc) is 2.71. The zero-order valence-corrected chi connectivity index (χ0v) is 12.3. The lowest BCUT2D eigenvalue weighted by Crippen LogP contribution is -2.09. The molecule has 1 aromatic heterocycles. The summed E-state index contributed by atoms with van der Waals surface area (Å²) in [6, 6.07) is 9.73. The van der Waals surface area contributed by atoms with Gasteiger partial charge in [0, 0.05) is 12.3 Å². The minimum Gasteiger partial charge on any atom is -0.382 e. The van der Waals surface area contributed by atoms with Crippen molar-refractivity contribution in [3.05, 3.63) is 35.9 Å². The molecular weight excluding hydrogens is 282 g/mol. The molecule has 0 aliphatic carbocycles. The Balaban J connectivity index is 2.31. The normalized spacial score (nSPS) is 13.2. The van der Waals surface area contributed by atoms with Crippen LogP contribution in [0.4, 0.5) is 10.8 Å². The minimum atomic E-state index is -3.39. The number of nitrogens with one attached hydrogen (secondary N) is 1. The molecule has 1 unspecified atom stereocenters. The van der Waals surface area contributed by atoms with Crippen molar-refractivity contribution >= 4 is 32.2 Å². The fourth-order valence-corrected chi connectivity index (χ4v) is 3.91. The molecule has 3 N–H and O–H groups in total. The van der Waals surface area contributed by atoms with Crippen molar-refractivity contribution in [2.24, 2.45) is 0 Å². The van der Waals surface area contributed by atoms with Crippen LogP contribution in [0.1, 0.15) is 18.5 Å². The number of hydrogen-bond acceptors (Lipinski definition) is 6. The number of benzene rings is 1. The summed E-state index contributed by atoms with van der Waals surface area (Å²) in [6.45, 7) is 1.96. The Labute approximate surface area is 116 Å². The van der Waals surface area contributed by atoms with Gasteiger partial charge in [-0.25, -0.2) is 8.42 Å². The molecule has 0 bridgehead atoms. The molecule has 1 heterocycles. The van der Waals surface area contributed by atoms with Gasteiger partial charge in [-0.1, -0.05) is 30.3 Å². The van der Waals surface area contributed by atoms with Gasteiger partial charge in [0.25, 0.3) is 0 Å². The Morgan fingerprint density at radius 3 is 2.53 bits per heavy atom. The SMILES string of the molecule is CC(Nc1snc(N)c1S(C)(=O)=O)c1ccccc1. The van der Waals surface area contributed by atoms with E-state index in [-0.39, 0.29) is 16.8 Å². The molecular formula is C12H15N3O2S2. The molecule has 0 fully saturated rings. The molecule has 0 saturated carbocycles. The zero-order valence-electron chi connectivity index (χ0n) is 10.6. The second-order valence-electron chi connectivity index (χ2n) is 4.27. The summed E-state index contributed by atoms with van der Waals surface area (Å²) in [5, 5.41) is 3.63. The highest BCUT2D eigenvalue weighted by atomic mass is 32.2. The van der Waals surface area contributed by atoms with Crippen LogP contribution in [0, 0.1) is 0 Å². The van der Waals surface area contributed by atoms with E-state index < -0.39 is 9.84 Å². The summed E-state index contributed by atoms with van der Waals surface area (Å²) < 4.78 is 27.3. The van der Waals surface area contributed by atoms with Crippen LogP contribution in [0.2, 0.25) is 0 Å². The lowest BCUT2D eigenvalue weighted by atomic mass is 10.1. The molecule has 0 spiro atoms. The van der Waals surface area contributed by atoms with Gasteiger partial charge in [-0.2, -0.15) is 4.37 Å². The summed E-state index contributed by atoms with van der Waals surface area (Å²) in [5.41, 5.74) is 6.69. The highest BCUT2D eigenvalue weighted by molar-refractivity contribution is 7.91. The summed E-state index contributed by atoms with van der Waals surface area (Å²) in [6.07, 6.45) is 1.13. The van der Waals surface area contributed by atoms with Gasteiger partial charge in [-0.15, -0.1) is 0 Å². The van der Waals surface area contributed by atoms with Crippen molar-refractivity contribution in [3.63, 3.8) is 0 Å². The zero-order chi connectivity index (χ0) is 14.0. The third-order valence-corrected chi connectivity index (χ3v) is 4.77. The lowest BCUT2D eigenvalue weighted by molar-refractivity contribution is 0.602. The van der Waals surface area contributed by atoms with Crippen molar-refractivity contribution in [2.75, 3.05) is 17.3 Å². The van der Waals surface area contributed by atoms with Crippen LogP contribution in [-0.4, -0.2) is 19.0 Å². The number of anilines is 2. The monoisotopic (exact) mass is 297 g/mol. The molecule has 2 aromatic rings. The third-order valence-electron chi connectivity index (χ3n) is 2.69. The molecule has 1 atom stereocenters. The van der Waals surface area contributed by atoms with E-state index in [1.54, 1.807) is 0 Å². The van der Waals surface area contributed by atoms with Crippen LogP contribution >= 0.6 is 11.5 Å². The Bertz CT molecular complexity index is 666. The van der Waals surface area contributed by atoms with E-state index in [1.165, 1.54) is 0 Å². The van der Waals surface area contributed by atoms with Crippen molar-refractivity contribution < 1.29 is 8.42 Å². The van der Waals surface area contributed by atoms with Crippen LogP contribution in [0.5, 0.6) is 0 Å². The van der Waals surface area contributed by atoms with Gasteiger partial charge in [0.15, 0.2) is 15.7 Å². The number of hydrogen-bond donors (Lipinski definition) is 2. The number of sulfone groups is 1. The van der Waals surface area contributed by atoms with Crippen molar-refractivity contribution in [1.82, 2.24) is 4.37 Å².